The smallest absolute Gasteiger partial charge is 0.189 e. The normalized spacial score (nSPS) is 24.4. The molecule has 3 heteroatoms. The highest BCUT2D eigenvalue weighted by molar-refractivity contribution is 9.10. The van der Waals surface area contributed by atoms with Gasteiger partial charge in [0, 0.05) is 4.47 Å². The highest BCUT2D eigenvalue weighted by Gasteiger charge is 2.45. The van der Waals surface area contributed by atoms with Crippen LogP contribution in [0.1, 0.15) is 12.5 Å². The summed E-state index contributed by atoms with van der Waals surface area (Å²) in [5, 5.41) is 0. The molecule has 1 fully saturated rings. The average Bonchev–Trinajstić information content (AvgIpc) is 2.94. The van der Waals surface area contributed by atoms with Gasteiger partial charge < -0.3 is 4.74 Å². The minimum atomic E-state index is -0.553. The molecule has 0 bridgehead atoms. The van der Waals surface area contributed by atoms with E-state index in [0.717, 1.165) is 10.0 Å². The lowest BCUT2D eigenvalue weighted by Gasteiger charge is -1.98. The van der Waals surface area contributed by atoms with Crippen LogP contribution in [0.3, 0.4) is 0 Å². The number of benzene rings is 1. The van der Waals surface area contributed by atoms with Gasteiger partial charge in [-0.2, -0.15) is 0 Å². The Morgan fingerprint density at radius 2 is 2.33 bits per heavy atom. The highest BCUT2D eigenvalue weighted by atomic mass is 79.9. The summed E-state index contributed by atoms with van der Waals surface area (Å²) in [6.07, 6.45) is 3.38. The quantitative estimate of drug-likeness (QED) is 0.622. The molecule has 0 amide bonds. The molecule has 1 heterocycles. The van der Waals surface area contributed by atoms with Crippen LogP contribution in [0.25, 0.3) is 6.08 Å². The van der Waals surface area contributed by atoms with Crippen molar-refractivity contribution in [3.8, 4) is 0 Å². The third kappa shape index (κ3) is 2.55. The summed E-state index contributed by atoms with van der Waals surface area (Å²) in [6, 6.07) is 7.79. The molecule has 0 saturated carbocycles. The zero-order valence-corrected chi connectivity index (χ0v) is 9.95. The van der Waals surface area contributed by atoms with Gasteiger partial charge in [0.05, 0.1) is 6.61 Å². The number of ketones is 1. The lowest BCUT2D eigenvalue weighted by molar-refractivity contribution is -0.118. The van der Waals surface area contributed by atoms with E-state index in [2.05, 4.69) is 15.9 Å². The molecule has 0 spiro atoms. The standard InChI is InChI=1S/C12H11BrO2/c1-12(8-15-12)11(14)6-5-9-3-2-4-10(13)7-9/h2-7H,8H2,1H3. The third-order valence-electron chi connectivity index (χ3n) is 2.37. The number of halogens is 1. The largest absolute Gasteiger partial charge is 0.361 e. The summed E-state index contributed by atoms with van der Waals surface area (Å²) in [5.74, 6) is 0.0301. The highest BCUT2D eigenvalue weighted by Crippen LogP contribution is 2.27. The number of hydrogen-bond acceptors (Lipinski definition) is 2. The first-order valence-corrected chi connectivity index (χ1v) is 5.51. The lowest BCUT2D eigenvalue weighted by Crippen LogP contribution is -2.17. The lowest BCUT2D eigenvalue weighted by atomic mass is 10.1. The summed E-state index contributed by atoms with van der Waals surface area (Å²) in [4.78, 5) is 11.6. The Labute approximate surface area is 97.1 Å². The fourth-order valence-corrected chi connectivity index (χ4v) is 1.63. The van der Waals surface area contributed by atoms with Gasteiger partial charge in [-0.3, -0.25) is 4.79 Å². The molecule has 15 heavy (non-hydrogen) atoms. The maximum absolute atomic E-state index is 11.6. The first kappa shape index (κ1) is 10.6. The minimum Gasteiger partial charge on any atom is -0.361 e. The molecule has 0 aromatic heterocycles. The molecular weight excluding hydrogens is 256 g/mol. The Balaban J connectivity index is 2.08. The van der Waals surface area contributed by atoms with Crippen molar-refractivity contribution in [2.45, 2.75) is 12.5 Å². The molecule has 1 atom stereocenters. The molecule has 0 radical (unpaired) electrons. The summed E-state index contributed by atoms with van der Waals surface area (Å²) < 4.78 is 6.07. The molecule has 1 aromatic carbocycles. The van der Waals surface area contributed by atoms with E-state index in [1.807, 2.05) is 24.3 Å². The van der Waals surface area contributed by atoms with Crippen molar-refractivity contribution in [2.24, 2.45) is 0 Å². The zero-order valence-electron chi connectivity index (χ0n) is 8.37. The molecule has 78 valence electrons. The van der Waals surface area contributed by atoms with E-state index in [1.54, 1.807) is 19.1 Å². The van der Waals surface area contributed by atoms with Crippen LogP contribution in [0.4, 0.5) is 0 Å². The van der Waals surface area contributed by atoms with E-state index in [-0.39, 0.29) is 5.78 Å². The Bertz CT molecular complexity index is 419. The Morgan fingerprint density at radius 3 is 2.93 bits per heavy atom. The van der Waals surface area contributed by atoms with Crippen molar-refractivity contribution in [2.75, 3.05) is 6.61 Å². The molecule has 0 N–H and O–H groups in total. The number of carbonyl (C=O) groups is 1. The second-order valence-corrected chi connectivity index (χ2v) is 4.69. The van der Waals surface area contributed by atoms with Gasteiger partial charge in [-0.15, -0.1) is 0 Å². The van der Waals surface area contributed by atoms with Gasteiger partial charge in [-0.25, -0.2) is 0 Å². The monoisotopic (exact) mass is 266 g/mol. The van der Waals surface area contributed by atoms with Crippen LogP contribution in [0, 0.1) is 0 Å². The second-order valence-electron chi connectivity index (χ2n) is 3.77. The van der Waals surface area contributed by atoms with Gasteiger partial charge in [-0.1, -0.05) is 34.1 Å². The Morgan fingerprint density at radius 1 is 1.60 bits per heavy atom. The molecule has 1 unspecified atom stereocenters. The molecule has 1 aromatic rings. The van der Waals surface area contributed by atoms with Crippen LogP contribution in [-0.4, -0.2) is 18.0 Å². The molecule has 2 nitrogen and oxygen atoms in total. The van der Waals surface area contributed by atoms with E-state index in [0.29, 0.717) is 6.61 Å². The van der Waals surface area contributed by atoms with Gasteiger partial charge in [0.15, 0.2) is 11.4 Å². The topological polar surface area (TPSA) is 29.6 Å². The summed E-state index contributed by atoms with van der Waals surface area (Å²) >= 11 is 3.38. The third-order valence-corrected chi connectivity index (χ3v) is 2.87. The van der Waals surface area contributed by atoms with Crippen LogP contribution in [0.2, 0.25) is 0 Å². The number of ether oxygens (including phenoxy) is 1. The van der Waals surface area contributed by atoms with Crippen LogP contribution >= 0.6 is 15.9 Å². The van der Waals surface area contributed by atoms with E-state index < -0.39 is 5.60 Å². The van der Waals surface area contributed by atoms with Crippen molar-refractivity contribution < 1.29 is 9.53 Å². The molecule has 1 aliphatic rings. The fourth-order valence-electron chi connectivity index (χ4n) is 1.21. The number of carbonyl (C=O) groups excluding carboxylic acids is 1. The van der Waals surface area contributed by atoms with Gasteiger partial charge in [-0.05, 0) is 30.7 Å². The maximum atomic E-state index is 11.6. The average molecular weight is 267 g/mol. The van der Waals surface area contributed by atoms with Gasteiger partial charge in [0.2, 0.25) is 0 Å². The Kier molecular flexibility index (Phi) is 2.76. The van der Waals surface area contributed by atoms with Crippen LogP contribution in [-0.2, 0) is 9.53 Å². The summed E-state index contributed by atoms with van der Waals surface area (Å²) in [6.45, 7) is 2.34. The van der Waals surface area contributed by atoms with Crippen molar-refractivity contribution in [1.29, 1.82) is 0 Å². The predicted octanol–water partition coefficient (Wildman–Crippen LogP) is 2.82. The molecule has 1 aliphatic heterocycles. The molecular formula is C12H11BrO2. The SMILES string of the molecule is CC1(C(=O)C=Cc2cccc(Br)c2)CO1. The summed E-state index contributed by atoms with van der Waals surface area (Å²) in [5.41, 5.74) is 0.449. The predicted molar refractivity (Wildman–Crippen MR) is 62.5 cm³/mol. The van der Waals surface area contributed by atoms with Crippen molar-refractivity contribution in [1.82, 2.24) is 0 Å². The zero-order chi connectivity index (χ0) is 10.9. The second kappa shape index (κ2) is 3.91. The van der Waals surface area contributed by atoms with Crippen LogP contribution in [0.15, 0.2) is 34.8 Å². The van der Waals surface area contributed by atoms with Gasteiger partial charge in [0.25, 0.3) is 0 Å². The van der Waals surface area contributed by atoms with E-state index in [9.17, 15) is 4.79 Å². The molecule has 2 rings (SSSR count). The van der Waals surface area contributed by atoms with Crippen molar-refractivity contribution in [3.63, 3.8) is 0 Å². The maximum Gasteiger partial charge on any atom is 0.189 e. The van der Waals surface area contributed by atoms with Crippen LogP contribution in [0.5, 0.6) is 0 Å². The summed E-state index contributed by atoms with van der Waals surface area (Å²) in [7, 11) is 0. The Hall–Kier alpha value is -0.930. The number of hydrogen-bond donors (Lipinski definition) is 0. The fraction of sp³-hybridized carbons (Fsp3) is 0.250. The first-order valence-electron chi connectivity index (χ1n) is 4.72. The van der Waals surface area contributed by atoms with Crippen LogP contribution < -0.4 is 0 Å². The van der Waals surface area contributed by atoms with Crippen molar-refractivity contribution in [3.05, 3.63) is 40.4 Å². The van der Waals surface area contributed by atoms with Gasteiger partial charge in [0.1, 0.15) is 0 Å². The van der Waals surface area contributed by atoms with E-state index in [4.69, 9.17) is 4.74 Å². The number of rotatable bonds is 3. The van der Waals surface area contributed by atoms with Gasteiger partial charge >= 0.3 is 0 Å². The van der Waals surface area contributed by atoms with E-state index in [1.165, 1.54) is 0 Å². The first-order chi connectivity index (χ1) is 7.10. The molecule has 1 saturated heterocycles. The minimum absolute atomic E-state index is 0.0301. The van der Waals surface area contributed by atoms with E-state index >= 15 is 0 Å². The molecule has 0 aliphatic carbocycles. The number of epoxide rings is 1. The van der Waals surface area contributed by atoms with Crippen molar-refractivity contribution >= 4 is 27.8 Å².